The van der Waals surface area contributed by atoms with E-state index in [4.69, 9.17) is 0 Å². The number of nitrogens with zero attached hydrogens (tertiary/aromatic N) is 4. The molecule has 1 aliphatic heterocycles. The third-order valence-corrected chi connectivity index (χ3v) is 4.97. The van der Waals surface area contributed by atoms with E-state index in [-0.39, 0.29) is 11.9 Å². The molecule has 0 aliphatic carbocycles. The molecule has 4 rings (SSSR count). The first-order valence-electron chi connectivity index (χ1n) is 8.90. The van der Waals surface area contributed by atoms with E-state index in [2.05, 4.69) is 21.7 Å². The number of aromatic nitrogens is 3. The highest BCUT2D eigenvalue weighted by Crippen LogP contribution is 2.28. The fourth-order valence-electron chi connectivity index (χ4n) is 3.61. The van der Waals surface area contributed by atoms with E-state index in [1.165, 1.54) is 0 Å². The third kappa shape index (κ3) is 2.79. The van der Waals surface area contributed by atoms with Gasteiger partial charge in [-0.15, -0.1) is 10.2 Å². The van der Waals surface area contributed by atoms with Crippen molar-refractivity contribution < 1.29 is 4.79 Å². The maximum Gasteiger partial charge on any atom is 0.254 e. The van der Waals surface area contributed by atoms with Crippen LogP contribution >= 0.6 is 0 Å². The standard InChI is InChI=1S/C21H22N4O/c1-14-9-10-15(2)18(11-14)21(26)24-12-16(3)25-19(13-24)22-23-20(25)17-7-5-4-6-8-17/h4-11,16H,12-13H2,1-3H3/t16-/m0/s1. The van der Waals surface area contributed by atoms with Crippen molar-refractivity contribution in [1.82, 2.24) is 19.7 Å². The molecular formula is C21H22N4O. The summed E-state index contributed by atoms with van der Waals surface area (Å²) >= 11 is 0. The lowest BCUT2D eigenvalue weighted by molar-refractivity contribution is 0.0681. The maximum absolute atomic E-state index is 13.1. The molecule has 5 heteroatoms. The Balaban J connectivity index is 1.66. The van der Waals surface area contributed by atoms with Crippen molar-refractivity contribution in [2.24, 2.45) is 0 Å². The van der Waals surface area contributed by atoms with Crippen molar-refractivity contribution in [3.8, 4) is 11.4 Å². The van der Waals surface area contributed by atoms with E-state index < -0.39 is 0 Å². The molecule has 0 saturated carbocycles. The fraction of sp³-hybridized carbons (Fsp3) is 0.286. The predicted octanol–water partition coefficient (Wildman–Crippen LogP) is 3.78. The Kier molecular flexibility index (Phi) is 4.07. The molecule has 0 fully saturated rings. The Bertz CT molecular complexity index is 961. The van der Waals surface area contributed by atoms with Crippen molar-refractivity contribution in [2.45, 2.75) is 33.4 Å². The van der Waals surface area contributed by atoms with Crippen LogP contribution in [0.3, 0.4) is 0 Å². The number of fused-ring (bicyclic) bond motifs is 1. The summed E-state index contributed by atoms with van der Waals surface area (Å²) in [5, 5.41) is 8.76. The monoisotopic (exact) mass is 346 g/mol. The second-order valence-corrected chi connectivity index (χ2v) is 7.03. The number of carbonyl (C=O) groups is 1. The molecule has 3 aromatic rings. The molecule has 1 atom stereocenters. The van der Waals surface area contributed by atoms with Gasteiger partial charge in [0.2, 0.25) is 0 Å². The highest BCUT2D eigenvalue weighted by Gasteiger charge is 2.30. The molecule has 0 radical (unpaired) electrons. The number of carbonyl (C=O) groups excluding carboxylic acids is 1. The Morgan fingerprint density at radius 1 is 1.08 bits per heavy atom. The molecule has 132 valence electrons. The zero-order valence-electron chi connectivity index (χ0n) is 15.3. The molecular weight excluding hydrogens is 324 g/mol. The SMILES string of the molecule is Cc1ccc(C)c(C(=O)N2Cc3nnc(-c4ccccc4)n3[C@@H](C)C2)c1. The van der Waals surface area contributed by atoms with Gasteiger partial charge in [0.15, 0.2) is 11.6 Å². The van der Waals surface area contributed by atoms with Crippen LogP contribution in [0.2, 0.25) is 0 Å². The topological polar surface area (TPSA) is 51.0 Å². The van der Waals surface area contributed by atoms with E-state index in [0.29, 0.717) is 13.1 Å². The number of amides is 1. The van der Waals surface area contributed by atoms with Crippen LogP contribution < -0.4 is 0 Å². The molecule has 0 N–H and O–H groups in total. The predicted molar refractivity (Wildman–Crippen MR) is 101 cm³/mol. The largest absolute Gasteiger partial charge is 0.329 e. The first-order valence-corrected chi connectivity index (χ1v) is 8.90. The quantitative estimate of drug-likeness (QED) is 0.709. The van der Waals surface area contributed by atoms with Gasteiger partial charge in [0.1, 0.15) is 0 Å². The first kappa shape index (κ1) is 16.5. The van der Waals surface area contributed by atoms with Gasteiger partial charge in [0.25, 0.3) is 5.91 Å². The second kappa shape index (κ2) is 6.41. The minimum absolute atomic E-state index is 0.0635. The van der Waals surface area contributed by atoms with Crippen LogP contribution in [0.25, 0.3) is 11.4 Å². The Labute approximate surface area is 153 Å². The van der Waals surface area contributed by atoms with Crippen LogP contribution in [0.1, 0.15) is 40.3 Å². The van der Waals surface area contributed by atoms with Crippen molar-refractivity contribution in [1.29, 1.82) is 0 Å². The van der Waals surface area contributed by atoms with Crippen molar-refractivity contribution >= 4 is 5.91 Å². The molecule has 2 heterocycles. The van der Waals surface area contributed by atoms with E-state index in [9.17, 15) is 4.79 Å². The zero-order chi connectivity index (χ0) is 18.3. The van der Waals surface area contributed by atoms with Crippen LogP contribution in [-0.2, 0) is 6.54 Å². The molecule has 26 heavy (non-hydrogen) atoms. The molecule has 1 amide bonds. The Hall–Kier alpha value is -2.95. The summed E-state index contributed by atoms with van der Waals surface area (Å²) in [5.74, 6) is 1.77. The summed E-state index contributed by atoms with van der Waals surface area (Å²) in [6, 6.07) is 16.2. The number of aryl methyl sites for hydroxylation is 2. The van der Waals surface area contributed by atoms with Crippen molar-refractivity contribution in [3.63, 3.8) is 0 Å². The zero-order valence-corrected chi connectivity index (χ0v) is 15.3. The number of hydrogen-bond acceptors (Lipinski definition) is 3. The lowest BCUT2D eigenvalue weighted by Gasteiger charge is -2.33. The highest BCUT2D eigenvalue weighted by atomic mass is 16.2. The summed E-state index contributed by atoms with van der Waals surface area (Å²) in [4.78, 5) is 15.0. The van der Waals surface area contributed by atoms with Gasteiger partial charge in [-0.3, -0.25) is 4.79 Å². The number of hydrogen-bond donors (Lipinski definition) is 0. The van der Waals surface area contributed by atoms with Crippen molar-refractivity contribution in [2.75, 3.05) is 6.54 Å². The summed E-state index contributed by atoms with van der Waals surface area (Å²) in [5.41, 5.74) is 3.92. The van der Waals surface area contributed by atoms with Crippen LogP contribution in [0.15, 0.2) is 48.5 Å². The fourth-order valence-corrected chi connectivity index (χ4v) is 3.61. The number of benzene rings is 2. The van der Waals surface area contributed by atoms with Gasteiger partial charge in [0.05, 0.1) is 12.6 Å². The van der Waals surface area contributed by atoms with Gasteiger partial charge in [-0.1, -0.05) is 48.0 Å². The van der Waals surface area contributed by atoms with Gasteiger partial charge < -0.3 is 9.47 Å². The van der Waals surface area contributed by atoms with Gasteiger partial charge in [-0.2, -0.15) is 0 Å². The van der Waals surface area contributed by atoms with E-state index in [1.54, 1.807) is 0 Å². The molecule has 2 aromatic carbocycles. The maximum atomic E-state index is 13.1. The third-order valence-electron chi connectivity index (χ3n) is 4.97. The first-order chi connectivity index (χ1) is 12.5. The summed E-state index contributed by atoms with van der Waals surface area (Å²) in [6.45, 7) is 7.24. The van der Waals surface area contributed by atoms with Gasteiger partial charge in [-0.05, 0) is 32.4 Å². The van der Waals surface area contributed by atoms with Crippen LogP contribution in [0, 0.1) is 13.8 Å². The van der Waals surface area contributed by atoms with E-state index in [1.807, 2.05) is 67.3 Å². The lowest BCUT2D eigenvalue weighted by Crippen LogP contribution is -2.40. The lowest BCUT2D eigenvalue weighted by atomic mass is 10.0. The van der Waals surface area contributed by atoms with Crippen LogP contribution in [0.5, 0.6) is 0 Å². The summed E-state index contributed by atoms with van der Waals surface area (Å²) in [6.07, 6.45) is 0. The summed E-state index contributed by atoms with van der Waals surface area (Å²) in [7, 11) is 0. The van der Waals surface area contributed by atoms with Crippen LogP contribution in [-0.4, -0.2) is 32.1 Å². The molecule has 0 unspecified atom stereocenters. The number of rotatable bonds is 2. The molecule has 5 nitrogen and oxygen atoms in total. The van der Waals surface area contributed by atoms with E-state index in [0.717, 1.165) is 33.9 Å². The van der Waals surface area contributed by atoms with Crippen LogP contribution in [0.4, 0.5) is 0 Å². The minimum atomic E-state index is 0.0635. The average molecular weight is 346 g/mol. The Morgan fingerprint density at radius 3 is 2.62 bits per heavy atom. The normalized spacial score (nSPS) is 16.4. The highest BCUT2D eigenvalue weighted by molar-refractivity contribution is 5.95. The van der Waals surface area contributed by atoms with E-state index >= 15 is 0 Å². The minimum Gasteiger partial charge on any atom is -0.329 e. The molecule has 0 spiro atoms. The molecule has 0 saturated heterocycles. The molecule has 0 bridgehead atoms. The summed E-state index contributed by atoms with van der Waals surface area (Å²) < 4.78 is 2.15. The second-order valence-electron chi connectivity index (χ2n) is 7.03. The van der Waals surface area contributed by atoms with Gasteiger partial charge in [0, 0.05) is 17.7 Å². The average Bonchev–Trinajstić information content (AvgIpc) is 3.08. The van der Waals surface area contributed by atoms with Crippen molar-refractivity contribution in [3.05, 3.63) is 71.0 Å². The molecule has 1 aromatic heterocycles. The molecule has 1 aliphatic rings. The van der Waals surface area contributed by atoms with Gasteiger partial charge in [-0.25, -0.2) is 0 Å². The Morgan fingerprint density at radius 2 is 1.85 bits per heavy atom. The van der Waals surface area contributed by atoms with Gasteiger partial charge >= 0.3 is 0 Å². The smallest absolute Gasteiger partial charge is 0.254 e.